The third-order valence-corrected chi connectivity index (χ3v) is 1.40. The summed E-state index contributed by atoms with van der Waals surface area (Å²) in [6.07, 6.45) is 8.26. The van der Waals surface area contributed by atoms with E-state index in [1.165, 1.54) is 25.7 Å². The fourth-order valence-electron chi connectivity index (χ4n) is 0.814. The normalized spacial score (nSPS) is 8.60. The fraction of sp³-hybridized carbons (Fsp3) is 0.700. The van der Waals surface area contributed by atoms with Crippen molar-refractivity contribution in [2.75, 3.05) is 0 Å². The van der Waals surface area contributed by atoms with Crippen molar-refractivity contribution in [3.05, 3.63) is 6.42 Å². The van der Waals surface area contributed by atoms with Gasteiger partial charge in [0, 0.05) is 12.8 Å². The third-order valence-electron chi connectivity index (χ3n) is 1.40. The van der Waals surface area contributed by atoms with Gasteiger partial charge in [0.15, 0.2) is 0 Å². The summed E-state index contributed by atoms with van der Waals surface area (Å²) >= 11 is 0. The van der Waals surface area contributed by atoms with E-state index < -0.39 is 0 Å². The molecule has 0 aromatic rings. The molecule has 0 bridgehead atoms. The van der Waals surface area contributed by atoms with Gasteiger partial charge in [-0.3, -0.25) is 0 Å². The first-order chi connectivity index (χ1) is 4.91. The summed E-state index contributed by atoms with van der Waals surface area (Å²) in [7, 11) is 0. The van der Waals surface area contributed by atoms with Gasteiger partial charge in [-0.05, 0) is 6.42 Å². The Morgan fingerprint density at radius 3 is 2.60 bits per heavy atom. The highest BCUT2D eigenvalue weighted by atomic mass is 13.9. The van der Waals surface area contributed by atoms with Crippen LogP contribution in [0.25, 0.3) is 0 Å². The lowest BCUT2D eigenvalue weighted by Crippen LogP contribution is -1.73. The second-order valence-corrected chi connectivity index (χ2v) is 2.42. The molecule has 0 heteroatoms. The lowest BCUT2D eigenvalue weighted by molar-refractivity contribution is 0.679. The molecular formula is C10H17. The van der Waals surface area contributed by atoms with E-state index in [9.17, 15) is 0 Å². The molecule has 0 N–H and O–H groups in total. The minimum absolute atomic E-state index is 1.07. The van der Waals surface area contributed by atoms with E-state index in [1.54, 1.807) is 0 Å². The summed E-state index contributed by atoms with van der Waals surface area (Å²) in [4.78, 5) is 0. The van der Waals surface area contributed by atoms with Crippen molar-refractivity contribution in [2.24, 2.45) is 0 Å². The molecule has 0 saturated carbocycles. The molecule has 0 saturated heterocycles. The van der Waals surface area contributed by atoms with Gasteiger partial charge < -0.3 is 0 Å². The van der Waals surface area contributed by atoms with Gasteiger partial charge in [-0.25, -0.2) is 0 Å². The van der Waals surface area contributed by atoms with Crippen molar-refractivity contribution in [3.63, 3.8) is 0 Å². The summed E-state index contributed by atoms with van der Waals surface area (Å²) in [5.41, 5.74) is 0. The Morgan fingerprint density at radius 1 is 1.20 bits per heavy atom. The van der Waals surface area contributed by atoms with Gasteiger partial charge in [-0.2, -0.15) is 0 Å². The second-order valence-electron chi connectivity index (χ2n) is 2.42. The number of hydrogen-bond acceptors (Lipinski definition) is 0. The molecule has 10 heavy (non-hydrogen) atoms. The van der Waals surface area contributed by atoms with Crippen LogP contribution in [0.5, 0.6) is 0 Å². The quantitative estimate of drug-likeness (QED) is 0.412. The molecule has 0 nitrogen and oxygen atoms in total. The van der Waals surface area contributed by atoms with Gasteiger partial charge in [0.1, 0.15) is 0 Å². The van der Waals surface area contributed by atoms with E-state index in [1.807, 2.05) is 13.3 Å². The highest BCUT2D eigenvalue weighted by Crippen LogP contribution is 2.00. The maximum atomic E-state index is 3.09. The topological polar surface area (TPSA) is 0 Å². The van der Waals surface area contributed by atoms with Crippen LogP contribution in [0.2, 0.25) is 0 Å². The summed E-state index contributed by atoms with van der Waals surface area (Å²) < 4.78 is 0. The SMILES string of the molecule is C[CH]C#CCCCCCC. The molecule has 0 aromatic heterocycles. The molecule has 0 amide bonds. The van der Waals surface area contributed by atoms with Crippen molar-refractivity contribution in [2.45, 2.75) is 46.0 Å². The molecule has 0 atom stereocenters. The summed E-state index contributed by atoms with van der Waals surface area (Å²) in [6, 6.07) is 0. The molecule has 0 aromatic carbocycles. The maximum absolute atomic E-state index is 3.09. The molecule has 0 aliphatic heterocycles. The zero-order chi connectivity index (χ0) is 7.66. The molecule has 1 radical (unpaired) electrons. The lowest BCUT2D eigenvalue weighted by atomic mass is 10.1. The van der Waals surface area contributed by atoms with Crippen LogP contribution in [0, 0.1) is 18.3 Å². The number of rotatable bonds is 4. The Labute approximate surface area is 65.0 Å². The van der Waals surface area contributed by atoms with E-state index in [0.717, 1.165) is 6.42 Å². The van der Waals surface area contributed by atoms with Crippen molar-refractivity contribution in [1.29, 1.82) is 0 Å². The van der Waals surface area contributed by atoms with E-state index in [0.29, 0.717) is 0 Å². The number of unbranched alkanes of at least 4 members (excludes halogenated alkanes) is 4. The molecule has 57 valence electrons. The second kappa shape index (κ2) is 8.56. The molecule has 0 heterocycles. The summed E-state index contributed by atoms with van der Waals surface area (Å²) in [5.74, 6) is 6.04. The molecule has 0 aliphatic rings. The Hall–Kier alpha value is -0.440. The minimum Gasteiger partial charge on any atom is -0.103 e. The van der Waals surface area contributed by atoms with Crippen LogP contribution in [0.3, 0.4) is 0 Å². The highest BCUT2D eigenvalue weighted by Gasteiger charge is 1.82. The van der Waals surface area contributed by atoms with Crippen LogP contribution in [0.15, 0.2) is 0 Å². The smallest absolute Gasteiger partial charge is 0.0309 e. The van der Waals surface area contributed by atoms with Gasteiger partial charge in [0.05, 0.1) is 0 Å². The van der Waals surface area contributed by atoms with Gasteiger partial charge in [0.2, 0.25) is 0 Å². The molecule has 0 aliphatic carbocycles. The Balaban J connectivity index is 2.90. The predicted molar refractivity (Wildman–Crippen MR) is 46.5 cm³/mol. The number of hydrogen-bond donors (Lipinski definition) is 0. The Bertz CT molecular complexity index is 103. The third kappa shape index (κ3) is 7.56. The van der Waals surface area contributed by atoms with E-state index in [-0.39, 0.29) is 0 Å². The summed E-state index contributed by atoms with van der Waals surface area (Å²) in [5, 5.41) is 0. The van der Waals surface area contributed by atoms with Crippen molar-refractivity contribution in [1.82, 2.24) is 0 Å². The highest BCUT2D eigenvalue weighted by molar-refractivity contribution is 5.07. The van der Waals surface area contributed by atoms with Gasteiger partial charge in [-0.15, -0.1) is 5.92 Å². The van der Waals surface area contributed by atoms with Gasteiger partial charge in [0.25, 0.3) is 0 Å². The average molecular weight is 137 g/mol. The Morgan fingerprint density at radius 2 is 2.00 bits per heavy atom. The van der Waals surface area contributed by atoms with Gasteiger partial charge >= 0.3 is 0 Å². The molecular weight excluding hydrogens is 120 g/mol. The standard InChI is InChI=1S/C10H17/c1-3-5-7-9-10-8-6-4-2/h3H,4,6,8-10H2,1-2H3. The van der Waals surface area contributed by atoms with E-state index in [4.69, 9.17) is 0 Å². The molecule has 0 fully saturated rings. The summed E-state index contributed by atoms with van der Waals surface area (Å²) in [6.45, 7) is 4.20. The molecule has 0 unspecified atom stereocenters. The van der Waals surface area contributed by atoms with Crippen LogP contribution in [-0.4, -0.2) is 0 Å². The average Bonchev–Trinajstić information content (AvgIpc) is 1.97. The van der Waals surface area contributed by atoms with E-state index in [2.05, 4.69) is 18.8 Å². The first-order valence-electron chi connectivity index (χ1n) is 4.18. The lowest BCUT2D eigenvalue weighted by Gasteiger charge is -1.91. The first kappa shape index (κ1) is 9.56. The van der Waals surface area contributed by atoms with E-state index >= 15 is 0 Å². The van der Waals surface area contributed by atoms with Gasteiger partial charge in [-0.1, -0.05) is 39.0 Å². The maximum Gasteiger partial charge on any atom is 0.0309 e. The molecule has 0 spiro atoms. The van der Waals surface area contributed by atoms with Crippen LogP contribution in [0.1, 0.15) is 46.0 Å². The van der Waals surface area contributed by atoms with Crippen LogP contribution in [0.4, 0.5) is 0 Å². The fourth-order valence-corrected chi connectivity index (χ4v) is 0.814. The monoisotopic (exact) mass is 137 g/mol. The zero-order valence-electron chi connectivity index (χ0n) is 7.11. The van der Waals surface area contributed by atoms with Crippen molar-refractivity contribution < 1.29 is 0 Å². The van der Waals surface area contributed by atoms with Crippen LogP contribution < -0.4 is 0 Å². The van der Waals surface area contributed by atoms with Crippen LogP contribution >= 0.6 is 0 Å². The zero-order valence-corrected chi connectivity index (χ0v) is 7.11. The minimum atomic E-state index is 1.07. The van der Waals surface area contributed by atoms with Crippen LogP contribution in [-0.2, 0) is 0 Å². The van der Waals surface area contributed by atoms with Crippen molar-refractivity contribution in [3.8, 4) is 11.8 Å². The molecule has 0 rings (SSSR count). The predicted octanol–water partition coefficient (Wildman–Crippen LogP) is 3.18. The first-order valence-corrected chi connectivity index (χ1v) is 4.18. The Kier molecular flexibility index (Phi) is 8.18. The van der Waals surface area contributed by atoms with Crippen molar-refractivity contribution >= 4 is 0 Å². The largest absolute Gasteiger partial charge is 0.103 e.